The van der Waals surface area contributed by atoms with Gasteiger partial charge >= 0.3 is 0 Å². The zero-order chi connectivity index (χ0) is 14.2. The van der Waals surface area contributed by atoms with Gasteiger partial charge in [-0.2, -0.15) is 0 Å². The Balaban J connectivity index is 2.11. The van der Waals surface area contributed by atoms with E-state index in [1.54, 1.807) is 0 Å². The minimum absolute atomic E-state index is 0.122. The molecule has 0 amide bonds. The molecule has 20 heavy (non-hydrogen) atoms. The lowest BCUT2D eigenvalue weighted by Crippen LogP contribution is -2.39. The van der Waals surface area contributed by atoms with Gasteiger partial charge in [-0.25, -0.2) is 0 Å². The summed E-state index contributed by atoms with van der Waals surface area (Å²) in [5, 5.41) is 6.14. The normalized spacial score (nSPS) is 20.4. The van der Waals surface area contributed by atoms with Crippen LogP contribution in [-0.2, 0) is 0 Å². The molecule has 0 aliphatic carbocycles. The number of hydrogen-bond donors (Lipinski definition) is 1. The largest absolute Gasteiger partial charge is 0.487 e. The number of ether oxygens (including phenoxy) is 1. The molecule has 0 fully saturated rings. The van der Waals surface area contributed by atoms with Crippen LogP contribution in [0, 0.1) is 0 Å². The molecular formula is C18H23NO. The van der Waals surface area contributed by atoms with E-state index in [1.807, 2.05) is 0 Å². The van der Waals surface area contributed by atoms with Gasteiger partial charge in [-0.1, -0.05) is 43.3 Å². The first-order valence-electron chi connectivity index (χ1n) is 7.55. The van der Waals surface area contributed by atoms with E-state index in [4.69, 9.17) is 4.74 Å². The van der Waals surface area contributed by atoms with E-state index in [-0.39, 0.29) is 5.60 Å². The van der Waals surface area contributed by atoms with Crippen LogP contribution in [0.5, 0.6) is 5.75 Å². The van der Waals surface area contributed by atoms with E-state index < -0.39 is 0 Å². The standard InChI is InChI=1S/C18H23NO/c1-4-11-19-16-12-18(2,3)20-17-14-8-6-5-7-13(14)9-10-15(16)17/h5-10,16,19H,4,11-12H2,1-3H3. The Morgan fingerprint density at radius 3 is 2.80 bits per heavy atom. The molecule has 1 heterocycles. The molecule has 0 aromatic heterocycles. The Kier molecular flexibility index (Phi) is 3.43. The topological polar surface area (TPSA) is 21.3 Å². The van der Waals surface area contributed by atoms with E-state index in [0.29, 0.717) is 6.04 Å². The van der Waals surface area contributed by atoms with E-state index >= 15 is 0 Å². The van der Waals surface area contributed by atoms with Crippen molar-refractivity contribution < 1.29 is 4.74 Å². The Bertz CT molecular complexity index is 618. The minimum atomic E-state index is -0.122. The van der Waals surface area contributed by atoms with Gasteiger partial charge in [0.2, 0.25) is 0 Å². The summed E-state index contributed by atoms with van der Waals surface area (Å²) in [6.07, 6.45) is 2.17. The van der Waals surface area contributed by atoms with E-state index in [1.165, 1.54) is 16.3 Å². The first kappa shape index (κ1) is 13.4. The summed E-state index contributed by atoms with van der Waals surface area (Å²) in [5.74, 6) is 1.06. The number of fused-ring (bicyclic) bond motifs is 3. The Labute approximate surface area is 121 Å². The van der Waals surface area contributed by atoms with Crippen LogP contribution < -0.4 is 10.1 Å². The molecular weight excluding hydrogens is 246 g/mol. The first-order valence-corrected chi connectivity index (χ1v) is 7.55. The lowest BCUT2D eigenvalue weighted by molar-refractivity contribution is 0.0682. The van der Waals surface area contributed by atoms with Gasteiger partial charge in [0.1, 0.15) is 11.4 Å². The van der Waals surface area contributed by atoms with Crippen LogP contribution in [0.2, 0.25) is 0 Å². The highest BCUT2D eigenvalue weighted by Crippen LogP contribution is 2.43. The molecule has 1 atom stereocenters. The van der Waals surface area contributed by atoms with E-state index in [0.717, 1.165) is 25.1 Å². The molecule has 1 unspecified atom stereocenters. The van der Waals surface area contributed by atoms with Crippen LogP contribution in [0.3, 0.4) is 0 Å². The highest BCUT2D eigenvalue weighted by Gasteiger charge is 2.34. The third-order valence-corrected chi connectivity index (χ3v) is 4.00. The van der Waals surface area contributed by atoms with Crippen LogP contribution in [0.15, 0.2) is 36.4 Å². The van der Waals surface area contributed by atoms with Gasteiger partial charge in [-0.3, -0.25) is 0 Å². The summed E-state index contributed by atoms with van der Waals surface area (Å²) in [7, 11) is 0. The molecule has 106 valence electrons. The summed E-state index contributed by atoms with van der Waals surface area (Å²) in [5.41, 5.74) is 1.18. The fourth-order valence-electron chi connectivity index (χ4n) is 3.07. The Morgan fingerprint density at radius 2 is 2.00 bits per heavy atom. The van der Waals surface area contributed by atoms with E-state index in [9.17, 15) is 0 Å². The number of benzene rings is 2. The van der Waals surface area contributed by atoms with Crippen LogP contribution >= 0.6 is 0 Å². The molecule has 1 N–H and O–H groups in total. The smallest absolute Gasteiger partial charge is 0.132 e. The second-order valence-electron chi connectivity index (χ2n) is 6.28. The van der Waals surface area contributed by atoms with Crippen molar-refractivity contribution in [3.63, 3.8) is 0 Å². The monoisotopic (exact) mass is 269 g/mol. The minimum Gasteiger partial charge on any atom is -0.487 e. The van der Waals surface area contributed by atoms with Gasteiger partial charge in [-0.05, 0) is 32.2 Å². The summed E-state index contributed by atoms with van der Waals surface area (Å²) < 4.78 is 6.30. The maximum atomic E-state index is 6.30. The molecule has 0 saturated heterocycles. The lowest BCUT2D eigenvalue weighted by Gasteiger charge is -2.38. The Hall–Kier alpha value is -1.54. The van der Waals surface area contributed by atoms with Crippen molar-refractivity contribution in [1.29, 1.82) is 0 Å². The maximum absolute atomic E-state index is 6.30. The third kappa shape index (κ3) is 2.40. The van der Waals surface area contributed by atoms with Crippen LogP contribution in [0.4, 0.5) is 0 Å². The average Bonchev–Trinajstić information content (AvgIpc) is 2.43. The summed E-state index contributed by atoms with van der Waals surface area (Å²) in [4.78, 5) is 0. The van der Waals surface area contributed by atoms with Gasteiger partial charge in [0, 0.05) is 23.4 Å². The van der Waals surface area contributed by atoms with Crippen molar-refractivity contribution in [2.45, 2.75) is 45.3 Å². The highest BCUT2D eigenvalue weighted by atomic mass is 16.5. The second kappa shape index (κ2) is 5.10. The SMILES string of the molecule is CCCNC1CC(C)(C)Oc2c1ccc1ccccc21. The summed E-state index contributed by atoms with van der Waals surface area (Å²) in [6.45, 7) is 7.61. The van der Waals surface area contributed by atoms with Crippen molar-refractivity contribution in [3.05, 3.63) is 42.0 Å². The van der Waals surface area contributed by atoms with Gasteiger partial charge in [0.15, 0.2) is 0 Å². The molecule has 2 aromatic carbocycles. The van der Waals surface area contributed by atoms with Gasteiger partial charge in [0.25, 0.3) is 0 Å². The fraction of sp³-hybridized carbons (Fsp3) is 0.444. The van der Waals surface area contributed by atoms with Crippen LogP contribution in [-0.4, -0.2) is 12.1 Å². The van der Waals surface area contributed by atoms with Gasteiger partial charge in [0.05, 0.1) is 0 Å². The van der Waals surface area contributed by atoms with Crippen molar-refractivity contribution >= 4 is 10.8 Å². The van der Waals surface area contributed by atoms with Crippen molar-refractivity contribution in [2.24, 2.45) is 0 Å². The molecule has 3 rings (SSSR count). The van der Waals surface area contributed by atoms with Crippen LogP contribution in [0.1, 0.15) is 45.2 Å². The molecule has 0 saturated carbocycles. The molecule has 2 nitrogen and oxygen atoms in total. The summed E-state index contributed by atoms with van der Waals surface area (Å²) in [6, 6.07) is 13.3. The highest BCUT2D eigenvalue weighted by molar-refractivity contribution is 5.90. The predicted molar refractivity (Wildman–Crippen MR) is 84.3 cm³/mol. The molecule has 2 aromatic rings. The number of hydrogen-bond acceptors (Lipinski definition) is 2. The third-order valence-electron chi connectivity index (χ3n) is 4.00. The van der Waals surface area contributed by atoms with Gasteiger partial charge in [-0.15, -0.1) is 0 Å². The fourth-order valence-corrected chi connectivity index (χ4v) is 3.07. The molecule has 0 radical (unpaired) electrons. The number of rotatable bonds is 3. The zero-order valence-electron chi connectivity index (χ0n) is 12.6. The van der Waals surface area contributed by atoms with Crippen molar-refractivity contribution in [2.75, 3.05) is 6.54 Å². The molecule has 1 aliphatic heterocycles. The Morgan fingerprint density at radius 1 is 1.20 bits per heavy atom. The molecule has 2 heteroatoms. The van der Waals surface area contributed by atoms with Crippen molar-refractivity contribution in [1.82, 2.24) is 5.32 Å². The first-order chi connectivity index (χ1) is 9.61. The second-order valence-corrected chi connectivity index (χ2v) is 6.28. The van der Waals surface area contributed by atoms with Gasteiger partial charge < -0.3 is 10.1 Å². The van der Waals surface area contributed by atoms with Crippen LogP contribution in [0.25, 0.3) is 10.8 Å². The maximum Gasteiger partial charge on any atom is 0.132 e. The zero-order valence-corrected chi connectivity index (χ0v) is 12.6. The quantitative estimate of drug-likeness (QED) is 0.889. The lowest BCUT2D eigenvalue weighted by atomic mass is 9.88. The predicted octanol–water partition coefficient (Wildman–Crippen LogP) is 4.44. The molecule has 0 bridgehead atoms. The molecule has 1 aliphatic rings. The molecule has 0 spiro atoms. The van der Waals surface area contributed by atoms with E-state index in [2.05, 4.69) is 62.5 Å². The summed E-state index contributed by atoms with van der Waals surface area (Å²) >= 11 is 0. The average molecular weight is 269 g/mol. The number of nitrogens with one attached hydrogen (secondary N) is 1. The van der Waals surface area contributed by atoms with Crippen molar-refractivity contribution in [3.8, 4) is 5.75 Å².